The summed E-state index contributed by atoms with van der Waals surface area (Å²) in [5, 5.41) is 1.47. The van der Waals surface area contributed by atoms with Gasteiger partial charge in [-0.25, -0.2) is 0 Å². The summed E-state index contributed by atoms with van der Waals surface area (Å²) in [6, 6.07) is 23.3. The third-order valence-corrected chi connectivity index (χ3v) is 3.42. The van der Waals surface area contributed by atoms with Gasteiger partial charge in [-0.05, 0) is 16.7 Å². The zero-order valence-corrected chi connectivity index (χ0v) is 10.1. The lowest BCUT2D eigenvalue weighted by Crippen LogP contribution is -1.82. The summed E-state index contributed by atoms with van der Waals surface area (Å²) >= 11 is 0. The molecule has 1 aromatic carbocycles. The molecule has 0 nitrogen and oxygen atoms in total. The Morgan fingerprint density at radius 2 is 1.31 bits per heavy atom. The van der Waals surface area contributed by atoms with E-state index in [-0.39, 0.29) is 0 Å². The molecule has 16 heavy (non-hydrogen) atoms. The number of hydrogen-bond acceptors (Lipinski definition) is 0. The molecule has 1 heteroatoms. The fourth-order valence-corrected chi connectivity index (χ4v) is 2.47. The summed E-state index contributed by atoms with van der Waals surface area (Å²) in [4.78, 5) is 0. The molecule has 0 saturated heterocycles. The summed E-state index contributed by atoms with van der Waals surface area (Å²) in [5.74, 6) is 2.23. The van der Waals surface area contributed by atoms with Crippen LogP contribution in [0.2, 0.25) is 0 Å². The van der Waals surface area contributed by atoms with Gasteiger partial charge < -0.3 is 0 Å². The van der Waals surface area contributed by atoms with Gasteiger partial charge in [0.05, 0.1) is 0 Å². The van der Waals surface area contributed by atoms with E-state index in [1.165, 1.54) is 10.9 Å². The minimum absolute atomic E-state index is 0.781. The van der Waals surface area contributed by atoms with Crippen molar-refractivity contribution in [2.24, 2.45) is 0 Å². The van der Waals surface area contributed by atoms with Gasteiger partial charge in [0, 0.05) is 6.42 Å². The molecule has 1 unspecified atom stereocenters. The second-order valence-electron chi connectivity index (χ2n) is 3.63. The van der Waals surface area contributed by atoms with Gasteiger partial charge >= 0.3 is 0 Å². The Morgan fingerprint density at radius 3 is 2.19 bits per heavy atom. The van der Waals surface area contributed by atoms with Crippen molar-refractivity contribution in [2.75, 3.05) is 0 Å². The Bertz CT molecular complexity index is 446. The Morgan fingerprint density at radius 1 is 0.688 bits per heavy atom. The highest BCUT2D eigenvalue weighted by atomic mass is 31.0. The van der Waals surface area contributed by atoms with E-state index < -0.39 is 0 Å². The van der Waals surface area contributed by atoms with Gasteiger partial charge in [-0.15, -0.1) is 8.19 Å². The fraction of sp³-hybridized carbons (Fsp3) is 0.0667. The monoisotopic (exact) mass is 226 g/mol. The van der Waals surface area contributed by atoms with Crippen LogP contribution < -0.4 is 0 Å². The molecule has 0 aliphatic rings. The molecule has 0 radical (unpaired) electrons. The molecule has 0 N–H and O–H groups in total. The topological polar surface area (TPSA) is 0 Å². The van der Waals surface area contributed by atoms with Crippen LogP contribution in [0.3, 0.4) is 0 Å². The van der Waals surface area contributed by atoms with Crippen molar-refractivity contribution in [3.05, 3.63) is 83.4 Å². The van der Waals surface area contributed by atoms with E-state index in [2.05, 4.69) is 72.5 Å². The molecular weight excluding hydrogens is 211 g/mol. The molecular formula is C15H15P. The Balaban J connectivity index is 2.26. The largest absolute Gasteiger partial charge is 0.136 e. The maximum Gasteiger partial charge on any atom is 0.000933 e. The molecule has 80 valence electrons. The maximum absolute atomic E-state index is 2.23. The zero-order valence-electron chi connectivity index (χ0n) is 9.14. The molecule has 0 aliphatic heterocycles. The van der Waals surface area contributed by atoms with Gasteiger partial charge in [-0.3, -0.25) is 0 Å². The van der Waals surface area contributed by atoms with Crippen LogP contribution in [0.5, 0.6) is 0 Å². The lowest BCUT2D eigenvalue weighted by molar-refractivity contribution is 1.24. The first kappa shape index (κ1) is 11.0. The number of hydrogen-bond donors (Lipinski definition) is 0. The van der Waals surface area contributed by atoms with Crippen LogP contribution >= 0.6 is 8.19 Å². The van der Waals surface area contributed by atoms with Crippen LogP contribution in [0.4, 0.5) is 0 Å². The first-order valence-corrected chi connectivity index (χ1v) is 6.52. The average Bonchev–Trinajstić information content (AvgIpc) is 2.45. The second kappa shape index (κ2) is 6.15. The molecule has 1 atom stereocenters. The summed E-state index contributed by atoms with van der Waals surface area (Å²) in [6.45, 7) is 0. The molecule has 0 spiro atoms. The molecule has 2 rings (SSSR count). The molecule has 1 heterocycles. The van der Waals surface area contributed by atoms with Gasteiger partial charge in [0.25, 0.3) is 0 Å². The van der Waals surface area contributed by atoms with Crippen LogP contribution in [0, 0.1) is 0 Å². The van der Waals surface area contributed by atoms with Gasteiger partial charge in [-0.2, -0.15) is 0 Å². The van der Waals surface area contributed by atoms with E-state index in [1.54, 1.807) is 0 Å². The Hall–Kier alpha value is -1.52. The van der Waals surface area contributed by atoms with Crippen LogP contribution in [-0.4, -0.2) is 0 Å². The highest BCUT2D eigenvalue weighted by Gasteiger charge is 1.91. The summed E-state index contributed by atoms with van der Waals surface area (Å²) < 4.78 is 0. The van der Waals surface area contributed by atoms with Crippen molar-refractivity contribution in [1.82, 2.24) is 0 Å². The predicted octanol–water partition coefficient (Wildman–Crippen LogP) is 4.43. The standard InChI is InChI=1S/C15H15P/c1-2-7-11-15(16-12-8-3-1)13-14-9-5-4-6-10-14/h1-12,16H,13H2. The van der Waals surface area contributed by atoms with Crippen LogP contribution in [0.1, 0.15) is 10.9 Å². The van der Waals surface area contributed by atoms with E-state index in [4.69, 9.17) is 0 Å². The van der Waals surface area contributed by atoms with Crippen molar-refractivity contribution >= 4 is 8.19 Å². The summed E-state index contributed by atoms with van der Waals surface area (Å²) in [6.07, 6.45) is 1.05. The van der Waals surface area contributed by atoms with E-state index in [0.717, 1.165) is 14.6 Å². The van der Waals surface area contributed by atoms with Crippen LogP contribution in [0.25, 0.3) is 0 Å². The van der Waals surface area contributed by atoms with Crippen molar-refractivity contribution in [1.29, 1.82) is 0 Å². The third-order valence-electron chi connectivity index (χ3n) is 2.34. The summed E-state index contributed by atoms with van der Waals surface area (Å²) in [5.41, 5.74) is 1.38. The Kier molecular flexibility index (Phi) is 4.22. The van der Waals surface area contributed by atoms with Crippen LogP contribution in [-0.2, 0) is 6.42 Å². The molecule has 0 aliphatic carbocycles. The van der Waals surface area contributed by atoms with Crippen LogP contribution in [0.15, 0.2) is 72.5 Å². The average molecular weight is 226 g/mol. The number of rotatable bonds is 2. The van der Waals surface area contributed by atoms with Crippen molar-refractivity contribution < 1.29 is 0 Å². The van der Waals surface area contributed by atoms with Gasteiger partial charge in [0.2, 0.25) is 0 Å². The van der Waals surface area contributed by atoms with Crippen molar-refractivity contribution in [3.8, 4) is 0 Å². The summed E-state index contributed by atoms with van der Waals surface area (Å²) in [7, 11) is 0.781. The highest BCUT2D eigenvalue weighted by molar-refractivity contribution is 7.29. The molecule has 2 aromatic rings. The van der Waals surface area contributed by atoms with Gasteiger partial charge in [-0.1, -0.05) is 66.7 Å². The maximum atomic E-state index is 2.23. The first-order chi connectivity index (χ1) is 7.95. The Labute approximate surface area is 98.4 Å². The molecule has 1 aromatic heterocycles. The molecule has 0 fully saturated rings. The first-order valence-electron chi connectivity index (χ1n) is 5.45. The van der Waals surface area contributed by atoms with E-state index in [9.17, 15) is 0 Å². The normalized spacial score (nSPS) is 10.0. The minimum atomic E-state index is 0.781. The van der Waals surface area contributed by atoms with Gasteiger partial charge in [0.1, 0.15) is 0 Å². The minimum Gasteiger partial charge on any atom is -0.136 e. The zero-order chi connectivity index (χ0) is 11.1. The second-order valence-corrected chi connectivity index (χ2v) is 4.89. The molecule has 0 saturated carbocycles. The highest BCUT2D eigenvalue weighted by Crippen LogP contribution is 2.15. The quantitative estimate of drug-likeness (QED) is 0.710. The molecule has 0 amide bonds. The lowest BCUT2D eigenvalue weighted by Gasteiger charge is -1.98. The van der Waals surface area contributed by atoms with Gasteiger partial charge in [0.15, 0.2) is 0 Å². The van der Waals surface area contributed by atoms with E-state index in [1.807, 2.05) is 0 Å². The smallest absolute Gasteiger partial charge is 0.000933 e. The fourth-order valence-electron chi connectivity index (χ4n) is 1.55. The number of benzene rings is 1. The van der Waals surface area contributed by atoms with E-state index in [0.29, 0.717) is 0 Å². The predicted molar refractivity (Wildman–Crippen MR) is 72.8 cm³/mol. The lowest BCUT2D eigenvalue weighted by atomic mass is 10.1. The third kappa shape index (κ3) is 3.56. The van der Waals surface area contributed by atoms with Crippen molar-refractivity contribution in [3.63, 3.8) is 0 Å². The SMILES string of the molecule is c1ccc[pH]c(Cc2ccccc2)ccc1. The van der Waals surface area contributed by atoms with Crippen molar-refractivity contribution in [2.45, 2.75) is 6.42 Å². The van der Waals surface area contributed by atoms with E-state index >= 15 is 0 Å². The molecule has 0 bridgehead atoms.